The average molecular weight is 423 g/mol. The lowest BCUT2D eigenvalue weighted by Gasteiger charge is -2.11. The first-order chi connectivity index (χ1) is 14.7. The molecule has 0 spiro atoms. The SMILES string of the molecule is COc1ccc(Cc2nnc(SCC(O)COc3ccc4ccccc4c3)o2)cc1. The van der Waals surface area contributed by atoms with E-state index in [9.17, 15) is 5.11 Å². The van der Waals surface area contributed by atoms with Crippen LogP contribution in [0.2, 0.25) is 0 Å². The molecule has 6 nitrogen and oxygen atoms in total. The number of fused-ring (bicyclic) bond motifs is 1. The first-order valence-corrected chi connectivity index (χ1v) is 10.6. The Balaban J connectivity index is 1.24. The highest BCUT2D eigenvalue weighted by molar-refractivity contribution is 7.99. The van der Waals surface area contributed by atoms with Gasteiger partial charge >= 0.3 is 0 Å². The molecule has 30 heavy (non-hydrogen) atoms. The first kappa shape index (κ1) is 20.3. The molecule has 1 atom stereocenters. The zero-order chi connectivity index (χ0) is 20.8. The Kier molecular flexibility index (Phi) is 6.51. The van der Waals surface area contributed by atoms with Crippen LogP contribution < -0.4 is 9.47 Å². The molecular formula is C23H22N2O4S. The normalized spacial score (nSPS) is 12.1. The molecule has 0 radical (unpaired) electrons. The van der Waals surface area contributed by atoms with E-state index in [4.69, 9.17) is 13.9 Å². The summed E-state index contributed by atoms with van der Waals surface area (Å²) in [6, 6.07) is 21.7. The number of aromatic nitrogens is 2. The molecule has 154 valence electrons. The topological polar surface area (TPSA) is 77.6 Å². The number of nitrogens with zero attached hydrogens (tertiary/aromatic N) is 2. The molecule has 1 N–H and O–H groups in total. The van der Waals surface area contributed by atoms with Gasteiger partial charge in [0.25, 0.3) is 5.22 Å². The number of methoxy groups -OCH3 is 1. The van der Waals surface area contributed by atoms with Crippen LogP contribution in [0.1, 0.15) is 11.5 Å². The van der Waals surface area contributed by atoms with Gasteiger partial charge in [0.2, 0.25) is 5.89 Å². The van der Waals surface area contributed by atoms with Crippen LogP contribution in [0.15, 0.2) is 76.4 Å². The summed E-state index contributed by atoms with van der Waals surface area (Å²) in [6.45, 7) is 0.193. The molecule has 4 aromatic rings. The first-order valence-electron chi connectivity index (χ1n) is 9.57. The monoisotopic (exact) mass is 422 g/mol. The molecule has 0 amide bonds. The van der Waals surface area contributed by atoms with E-state index in [1.54, 1.807) is 7.11 Å². The van der Waals surface area contributed by atoms with Gasteiger partial charge in [-0.25, -0.2) is 0 Å². The van der Waals surface area contributed by atoms with E-state index in [-0.39, 0.29) is 6.61 Å². The van der Waals surface area contributed by atoms with E-state index in [1.807, 2.05) is 60.7 Å². The lowest BCUT2D eigenvalue weighted by atomic mass is 10.1. The van der Waals surface area contributed by atoms with Crippen LogP contribution in [-0.2, 0) is 6.42 Å². The molecule has 3 aromatic carbocycles. The van der Waals surface area contributed by atoms with Gasteiger partial charge in [-0.2, -0.15) is 0 Å². The Morgan fingerprint density at radius 3 is 2.53 bits per heavy atom. The van der Waals surface area contributed by atoms with Crippen molar-refractivity contribution in [3.8, 4) is 11.5 Å². The number of thioether (sulfide) groups is 1. The summed E-state index contributed by atoms with van der Waals surface area (Å²) in [7, 11) is 1.64. The quantitative estimate of drug-likeness (QED) is 0.402. The minimum Gasteiger partial charge on any atom is -0.497 e. The smallest absolute Gasteiger partial charge is 0.276 e. The molecule has 0 aliphatic carbocycles. The molecule has 0 aliphatic heterocycles. The second kappa shape index (κ2) is 9.65. The molecule has 4 rings (SSSR count). The highest BCUT2D eigenvalue weighted by Crippen LogP contribution is 2.22. The van der Waals surface area contributed by atoms with Crippen LogP contribution >= 0.6 is 11.8 Å². The second-order valence-electron chi connectivity index (χ2n) is 6.77. The van der Waals surface area contributed by atoms with Gasteiger partial charge in [0.15, 0.2) is 0 Å². The fourth-order valence-electron chi connectivity index (χ4n) is 2.95. The molecule has 1 unspecified atom stereocenters. The van der Waals surface area contributed by atoms with E-state index in [2.05, 4.69) is 16.3 Å². The van der Waals surface area contributed by atoms with Crippen molar-refractivity contribution in [1.82, 2.24) is 10.2 Å². The van der Waals surface area contributed by atoms with E-state index in [1.165, 1.54) is 11.8 Å². The summed E-state index contributed by atoms with van der Waals surface area (Å²) in [4.78, 5) is 0. The van der Waals surface area contributed by atoms with Crippen molar-refractivity contribution in [2.24, 2.45) is 0 Å². The molecule has 0 bridgehead atoms. The summed E-state index contributed by atoms with van der Waals surface area (Å²) >= 11 is 1.31. The van der Waals surface area contributed by atoms with E-state index in [0.29, 0.717) is 23.3 Å². The van der Waals surface area contributed by atoms with E-state index in [0.717, 1.165) is 27.8 Å². The van der Waals surface area contributed by atoms with Gasteiger partial charge < -0.3 is 19.0 Å². The van der Waals surface area contributed by atoms with Gasteiger partial charge in [-0.15, -0.1) is 10.2 Å². The summed E-state index contributed by atoms with van der Waals surface area (Å²) in [5.41, 5.74) is 1.06. The number of aliphatic hydroxyl groups is 1. The summed E-state index contributed by atoms with van der Waals surface area (Å²) in [5, 5.41) is 21.0. The molecule has 0 saturated carbocycles. The van der Waals surface area contributed by atoms with Gasteiger partial charge in [-0.1, -0.05) is 54.2 Å². The van der Waals surface area contributed by atoms with Gasteiger partial charge in [-0.3, -0.25) is 0 Å². The number of benzene rings is 3. The number of rotatable bonds is 9. The van der Waals surface area contributed by atoms with Crippen molar-refractivity contribution in [1.29, 1.82) is 0 Å². The fourth-order valence-corrected chi connectivity index (χ4v) is 3.64. The lowest BCUT2D eigenvalue weighted by Crippen LogP contribution is -2.20. The van der Waals surface area contributed by atoms with Gasteiger partial charge in [0.1, 0.15) is 18.1 Å². The standard InChI is InChI=1S/C23H22N2O4S/c1-27-20-9-6-16(7-10-20)12-22-24-25-23(29-22)30-15-19(26)14-28-21-11-8-17-4-2-3-5-18(17)13-21/h2-11,13,19,26H,12,14-15H2,1H3. The van der Waals surface area contributed by atoms with Crippen molar-refractivity contribution in [3.63, 3.8) is 0 Å². The third-order valence-electron chi connectivity index (χ3n) is 4.53. The summed E-state index contributed by atoms with van der Waals surface area (Å²) in [6.07, 6.45) is -0.107. The van der Waals surface area contributed by atoms with Crippen LogP contribution in [0.5, 0.6) is 11.5 Å². The molecule has 1 heterocycles. The van der Waals surface area contributed by atoms with Crippen molar-refractivity contribution in [2.75, 3.05) is 19.5 Å². The Labute approximate surface area is 178 Å². The predicted octanol–water partition coefficient (Wildman–Crippen LogP) is 4.35. The summed E-state index contributed by atoms with van der Waals surface area (Å²) in [5.74, 6) is 2.47. The molecule has 0 saturated heterocycles. The van der Waals surface area contributed by atoms with Crippen LogP contribution in [-0.4, -0.2) is 40.9 Å². The highest BCUT2D eigenvalue weighted by Gasteiger charge is 2.12. The number of hydrogen-bond acceptors (Lipinski definition) is 7. The molecule has 1 aromatic heterocycles. The van der Waals surface area contributed by atoms with Crippen molar-refractivity contribution in [3.05, 3.63) is 78.2 Å². The van der Waals surface area contributed by atoms with Crippen LogP contribution in [0.3, 0.4) is 0 Å². The number of aliphatic hydroxyl groups excluding tert-OH is 1. The average Bonchev–Trinajstić information content (AvgIpc) is 3.24. The third kappa shape index (κ3) is 5.31. The maximum atomic E-state index is 10.2. The zero-order valence-corrected chi connectivity index (χ0v) is 17.3. The largest absolute Gasteiger partial charge is 0.497 e. The van der Waals surface area contributed by atoms with Crippen molar-refractivity contribution < 1.29 is 19.0 Å². The summed E-state index contributed by atoms with van der Waals surface area (Å²) < 4.78 is 16.5. The van der Waals surface area contributed by atoms with Crippen LogP contribution in [0.25, 0.3) is 10.8 Å². The zero-order valence-electron chi connectivity index (χ0n) is 16.5. The molecule has 0 fully saturated rings. The van der Waals surface area contributed by atoms with Crippen molar-refractivity contribution in [2.45, 2.75) is 17.7 Å². The Hall–Kier alpha value is -3.03. The Morgan fingerprint density at radius 2 is 1.73 bits per heavy atom. The Morgan fingerprint density at radius 1 is 0.967 bits per heavy atom. The van der Waals surface area contributed by atoms with Gasteiger partial charge in [-0.05, 0) is 40.6 Å². The predicted molar refractivity (Wildman–Crippen MR) is 116 cm³/mol. The van der Waals surface area contributed by atoms with Crippen LogP contribution in [0, 0.1) is 0 Å². The number of ether oxygens (including phenoxy) is 2. The number of hydrogen-bond donors (Lipinski definition) is 1. The maximum Gasteiger partial charge on any atom is 0.276 e. The van der Waals surface area contributed by atoms with Gasteiger partial charge in [0, 0.05) is 5.75 Å². The molecule has 7 heteroatoms. The minimum absolute atomic E-state index is 0.193. The van der Waals surface area contributed by atoms with Crippen LogP contribution in [0.4, 0.5) is 0 Å². The fraction of sp³-hybridized carbons (Fsp3) is 0.217. The second-order valence-corrected chi connectivity index (χ2v) is 7.74. The van der Waals surface area contributed by atoms with Crippen molar-refractivity contribution >= 4 is 22.5 Å². The van der Waals surface area contributed by atoms with E-state index < -0.39 is 6.10 Å². The van der Waals surface area contributed by atoms with Gasteiger partial charge in [0.05, 0.1) is 19.6 Å². The minimum atomic E-state index is -0.654. The Bertz CT molecular complexity index is 1100. The van der Waals surface area contributed by atoms with E-state index >= 15 is 0 Å². The molecular weight excluding hydrogens is 400 g/mol. The molecule has 0 aliphatic rings. The maximum absolute atomic E-state index is 10.2. The highest BCUT2D eigenvalue weighted by atomic mass is 32.2. The lowest BCUT2D eigenvalue weighted by molar-refractivity contribution is 0.126. The third-order valence-corrected chi connectivity index (χ3v) is 5.49.